The first-order chi connectivity index (χ1) is 13.7. The highest BCUT2D eigenvalue weighted by atomic mass is 16.6. The highest BCUT2D eigenvalue weighted by Crippen LogP contribution is 2.17. The molecule has 0 aliphatic carbocycles. The van der Waals surface area contributed by atoms with Gasteiger partial charge in [-0.2, -0.15) is 0 Å². The van der Waals surface area contributed by atoms with Gasteiger partial charge in [0.2, 0.25) is 5.91 Å². The van der Waals surface area contributed by atoms with Crippen LogP contribution in [0.5, 0.6) is 0 Å². The van der Waals surface area contributed by atoms with Crippen LogP contribution in [0.1, 0.15) is 56.0 Å². The molecule has 29 heavy (non-hydrogen) atoms. The SMILES string of the molecule is Cc1ccccc1C(=O)NCC1CCN(C(=O)CCNC(=O)OC(C)(C)C)CC1. The molecule has 0 radical (unpaired) electrons. The number of alkyl carbamates (subject to hydrolysis) is 1. The van der Waals surface area contributed by atoms with Gasteiger partial charge in [0.1, 0.15) is 5.60 Å². The maximum absolute atomic E-state index is 12.3. The number of likely N-dealkylation sites (tertiary alicyclic amines) is 1. The lowest BCUT2D eigenvalue weighted by Crippen LogP contribution is -2.42. The quantitative estimate of drug-likeness (QED) is 0.765. The number of rotatable bonds is 6. The third kappa shape index (κ3) is 7.75. The standard InChI is InChI=1S/C22H33N3O4/c1-16-7-5-6-8-18(16)20(27)24-15-17-10-13-25(14-11-17)19(26)9-12-23-21(28)29-22(2,3)4/h5-8,17H,9-15H2,1-4H3,(H,23,28)(H,24,27). The van der Waals surface area contributed by atoms with Crippen molar-refractivity contribution in [2.75, 3.05) is 26.2 Å². The first kappa shape index (κ1) is 22.7. The van der Waals surface area contributed by atoms with Gasteiger partial charge in [-0.3, -0.25) is 9.59 Å². The smallest absolute Gasteiger partial charge is 0.407 e. The minimum atomic E-state index is -0.551. The maximum Gasteiger partial charge on any atom is 0.407 e. The molecule has 1 aliphatic rings. The molecule has 7 heteroatoms. The highest BCUT2D eigenvalue weighted by molar-refractivity contribution is 5.95. The summed E-state index contributed by atoms with van der Waals surface area (Å²) >= 11 is 0. The number of aryl methyl sites for hydroxylation is 1. The Bertz CT molecular complexity index is 719. The van der Waals surface area contributed by atoms with Crippen molar-refractivity contribution in [3.8, 4) is 0 Å². The molecule has 2 rings (SSSR count). The molecule has 1 aromatic rings. The number of carbonyl (C=O) groups is 3. The molecule has 1 aromatic carbocycles. The summed E-state index contributed by atoms with van der Waals surface area (Å²) in [6, 6.07) is 7.54. The van der Waals surface area contributed by atoms with Crippen LogP contribution in [-0.2, 0) is 9.53 Å². The second kappa shape index (κ2) is 10.3. The summed E-state index contributed by atoms with van der Waals surface area (Å²) in [7, 11) is 0. The van der Waals surface area contributed by atoms with E-state index in [2.05, 4.69) is 10.6 Å². The van der Waals surface area contributed by atoms with Crippen LogP contribution in [0.4, 0.5) is 4.79 Å². The summed E-state index contributed by atoms with van der Waals surface area (Å²) in [6.45, 7) is 9.56. The summed E-state index contributed by atoms with van der Waals surface area (Å²) < 4.78 is 5.16. The number of carbonyl (C=O) groups excluding carboxylic acids is 3. The highest BCUT2D eigenvalue weighted by Gasteiger charge is 2.23. The van der Waals surface area contributed by atoms with Crippen LogP contribution in [-0.4, -0.2) is 54.6 Å². The second-order valence-corrected chi connectivity index (χ2v) is 8.53. The van der Waals surface area contributed by atoms with Crippen LogP contribution in [0.3, 0.4) is 0 Å². The zero-order valence-corrected chi connectivity index (χ0v) is 17.9. The summed E-state index contributed by atoms with van der Waals surface area (Å²) in [6.07, 6.45) is 1.47. The van der Waals surface area contributed by atoms with E-state index < -0.39 is 11.7 Å². The molecule has 0 unspecified atom stereocenters. The molecule has 3 amide bonds. The van der Waals surface area contributed by atoms with Gasteiger partial charge in [-0.15, -0.1) is 0 Å². The van der Waals surface area contributed by atoms with Crippen LogP contribution < -0.4 is 10.6 Å². The van der Waals surface area contributed by atoms with E-state index >= 15 is 0 Å². The zero-order valence-electron chi connectivity index (χ0n) is 17.9. The Kier molecular flexibility index (Phi) is 8.05. The molecular weight excluding hydrogens is 370 g/mol. The van der Waals surface area contributed by atoms with E-state index in [0.717, 1.165) is 18.4 Å². The van der Waals surface area contributed by atoms with E-state index in [4.69, 9.17) is 4.74 Å². The molecular formula is C22H33N3O4. The normalized spacial score (nSPS) is 15.0. The van der Waals surface area contributed by atoms with Gasteiger partial charge in [0.05, 0.1) is 0 Å². The summed E-state index contributed by atoms with van der Waals surface area (Å²) in [4.78, 5) is 38.1. The molecule has 1 fully saturated rings. The molecule has 160 valence electrons. The van der Waals surface area contributed by atoms with Crippen LogP contribution in [0.25, 0.3) is 0 Å². The lowest BCUT2D eigenvalue weighted by Gasteiger charge is -2.32. The summed E-state index contributed by atoms with van der Waals surface area (Å²) in [5.74, 6) is 0.352. The zero-order chi connectivity index (χ0) is 21.4. The number of ether oxygens (including phenoxy) is 1. The van der Waals surface area contributed by atoms with Gasteiger partial charge in [-0.1, -0.05) is 18.2 Å². The Labute approximate surface area is 173 Å². The first-order valence-electron chi connectivity index (χ1n) is 10.2. The van der Waals surface area contributed by atoms with Gasteiger partial charge in [0.25, 0.3) is 5.91 Å². The van der Waals surface area contributed by atoms with Gasteiger partial charge >= 0.3 is 6.09 Å². The van der Waals surface area contributed by atoms with E-state index in [-0.39, 0.29) is 24.8 Å². The molecule has 1 heterocycles. The predicted octanol–water partition coefficient (Wildman–Crippen LogP) is 2.88. The maximum atomic E-state index is 12.3. The molecule has 0 spiro atoms. The van der Waals surface area contributed by atoms with Gasteiger partial charge in [0, 0.05) is 38.2 Å². The number of hydrogen-bond donors (Lipinski definition) is 2. The van der Waals surface area contributed by atoms with Crippen LogP contribution in [0.15, 0.2) is 24.3 Å². The Morgan fingerprint density at radius 1 is 1.10 bits per heavy atom. The number of hydrogen-bond acceptors (Lipinski definition) is 4. The second-order valence-electron chi connectivity index (χ2n) is 8.53. The first-order valence-corrected chi connectivity index (χ1v) is 10.2. The van der Waals surface area contributed by atoms with E-state index in [1.165, 1.54) is 0 Å². The monoisotopic (exact) mass is 403 g/mol. The number of amides is 3. The van der Waals surface area contributed by atoms with Crippen LogP contribution >= 0.6 is 0 Å². The number of nitrogens with one attached hydrogen (secondary N) is 2. The molecule has 0 aromatic heterocycles. The molecule has 1 saturated heterocycles. The topological polar surface area (TPSA) is 87.7 Å². The molecule has 0 saturated carbocycles. The predicted molar refractivity (Wildman–Crippen MR) is 112 cm³/mol. The average Bonchev–Trinajstić information content (AvgIpc) is 2.65. The van der Waals surface area contributed by atoms with E-state index in [1.807, 2.05) is 36.1 Å². The number of benzene rings is 1. The van der Waals surface area contributed by atoms with Gasteiger partial charge in [-0.05, 0) is 58.1 Å². The Morgan fingerprint density at radius 2 is 1.76 bits per heavy atom. The van der Waals surface area contributed by atoms with Crippen molar-refractivity contribution in [1.82, 2.24) is 15.5 Å². The van der Waals surface area contributed by atoms with Crippen LogP contribution in [0.2, 0.25) is 0 Å². The van der Waals surface area contributed by atoms with Crippen molar-refractivity contribution in [1.29, 1.82) is 0 Å². The fraction of sp³-hybridized carbons (Fsp3) is 0.591. The molecule has 0 atom stereocenters. The van der Waals surface area contributed by atoms with Crippen molar-refractivity contribution >= 4 is 17.9 Å². The van der Waals surface area contributed by atoms with E-state index in [9.17, 15) is 14.4 Å². The minimum Gasteiger partial charge on any atom is -0.444 e. The van der Waals surface area contributed by atoms with Crippen LogP contribution in [0, 0.1) is 12.8 Å². The molecule has 2 N–H and O–H groups in total. The van der Waals surface area contributed by atoms with E-state index in [1.54, 1.807) is 20.8 Å². The van der Waals surface area contributed by atoms with Gasteiger partial charge < -0.3 is 20.3 Å². The third-order valence-corrected chi connectivity index (χ3v) is 4.92. The van der Waals surface area contributed by atoms with Crippen molar-refractivity contribution in [2.24, 2.45) is 5.92 Å². The minimum absolute atomic E-state index is 0.0310. The van der Waals surface area contributed by atoms with Crippen molar-refractivity contribution in [3.05, 3.63) is 35.4 Å². The van der Waals surface area contributed by atoms with Gasteiger partial charge in [-0.25, -0.2) is 4.79 Å². The fourth-order valence-electron chi connectivity index (χ4n) is 3.29. The Hall–Kier alpha value is -2.57. The molecule has 1 aliphatic heterocycles. The molecule has 0 bridgehead atoms. The summed E-state index contributed by atoms with van der Waals surface area (Å²) in [5, 5.41) is 5.63. The Balaban J connectivity index is 1.65. The third-order valence-electron chi connectivity index (χ3n) is 4.92. The number of piperidine rings is 1. The largest absolute Gasteiger partial charge is 0.444 e. The van der Waals surface area contributed by atoms with Crippen molar-refractivity contribution in [2.45, 2.75) is 52.6 Å². The van der Waals surface area contributed by atoms with E-state index in [0.29, 0.717) is 31.1 Å². The fourth-order valence-corrected chi connectivity index (χ4v) is 3.29. The summed E-state index contributed by atoms with van der Waals surface area (Å²) in [5.41, 5.74) is 1.12. The average molecular weight is 404 g/mol. The lowest BCUT2D eigenvalue weighted by atomic mass is 9.96. The molecule has 7 nitrogen and oxygen atoms in total. The Morgan fingerprint density at radius 3 is 2.38 bits per heavy atom. The van der Waals surface area contributed by atoms with Crippen molar-refractivity contribution in [3.63, 3.8) is 0 Å². The van der Waals surface area contributed by atoms with Gasteiger partial charge in [0.15, 0.2) is 0 Å². The lowest BCUT2D eigenvalue weighted by molar-refractivity contribution is -0.132. The number of nitrogens with zero attached hydrogens (tertiary/aromatic N) is 1. The van der Waals surface area contributed by atoms with Crippen molar-refractivity contribution < 1.29 is 19.1 Å².